The third-order valence-corrected chi connectivity index (χ3v) is 5.90. The Kier molecular flexibility index (Phi) is 7.62. The number of carbonyl (C=O) groups is 1. The Morgan fingerprint density at radius 3 is 2.33 bits per heavy atom. The zero-order valence-corrected chi connectivity index (χ0v) is 17.5. The predicted molar refractivity (Wildman–Crippen MR) is 99.3 cm³/mol. The highest BCUT2D eigenvalue weighted by molar-refractivity contribution is 7.85. The van der Waals surface area contributed by atoms with Gasteiger partial charge in [-0.3, -0.25) is 0 Å². The van der Waals surface area contributed by atoms with Gasteiger partial charge in [0.05, 0.1) is 21.4 Å². The van der Waals surface area contributed by atoms with Crippen molar-refractivity contribution in [1.29, 1.82) is 0 Å². The summed E-state index contributed by atoms with van der Waals surface area (Å²) >= 11 is 0. The molecule has 0 amide bonds. The van der Waals surface area contributed by atoms with Gasteiger partial charge in [-0.05, 0) is 50.3 Å². The average Bonchev–Trinajstić information content (AvgIpc) is 3.16. The van der Waals surface area contributed by atoms with Gasteiger partial charge in [0.15, 0.2) is 11.5 Å². The molecule has 11 heteroatoms. The molecule has 0 saturated heterocycles. The molecule has 0 spiro atoms. The maximum atomic E-state index is 12.8. The molecule has 0 aliphatic heterocycles. The number of esters is 1. The minimum atomic E-state index is -4.96. The van der Waals surface area contributed by atoms with E-state index in [1.807, 2.05) is 13.8 Å². The van der Waals surface area contributed by atoms with Crippen LogP contribution in [0.15, 0.2) is 18.2 Å². The van der Waals surface area contributed by atoms with Crippen LogP contribution in [0.3, 0.4) is 0 Å². The summed E-state index contributed by atoms with van der Waals surface area (Å²) in [5, 5.41) is 0. The standard InChI is InChI=1S/C19H25F3O7S/c1-3-18(2,14-6-4-5-7-14)28-16-12-13(8-9-15(16)29-19(20,21)22)17(23)27-10-11-30(24,25)26/h8-9,12,14H,3-7,10-11H2,1-2H3,(H,24,25,26)/p-1. The van der Waals surface area contributed by atoms with Crippen LogP contribution in [0.4, 0.5) is 13.2 Å². The van der Waals surface area contributed by atoms with Crippen molar-refractivity contribution in [3.63, 3.8) is 0 Å². The molecule has 7 nitrogen and oxygen atoms in total. The molecule has 0 bridgehead atoms. The Bertz CT molecular complexity index is 848. The molecule has 0 aromatic heterocycles. The van der Waals surface area contributed by atoms with Gasteiger partial charge in [-0.1, -0.05) is 19.8 Å². The molecule has 2 rings (SSSR count). The maximum absolute atomic E-state index is 12.8. The van der Waals surface area contributed by atoms with Crippen LogP contribution < -0.4 is 9.47 Å². The van der Waals surface area contributed by atoms with Crippen molar-refractivity contribution < 1.29 is 45.1 Å². The zero-order valence-electron chi connectivity index (χ0n) is 16.7. The molecule has 1 aliphatic rings. The first kappa shape index (κ1) is 24.3. The Balaban J connectivity index is 2.29. The van der Waals surface area contributed by atoms with Crippen LogP contribution in [0.25, 0.3) is 0 Å². The van der Waals surface area contributed by atoms with Crippen molar-refractivity contribution in [2.24, 2.45) is 5.92 Å². The van der Waals surface area contributed by atoms with Crippen molar-refractivity contribution in [2.75, 3.05) is 12.4 Å². The van der Waals surface area contributed by atoms with E-state index >= 15 is 0 Å². The van der Waals surface area contributed by atoms with E-state index in [1.54, 1.807) is 0 Å². The Morgan fingerprint density at radius 2 is 1.80 bits per heavy atom. The van der Waals surface area contributed by atoms with Gasteiger partial charge in [-0.25, -0.2) is 13.2 Å². The van der Waals surface area contributed by atoms with Crippen LogP contribution in [-0.2, 0) is 14.9 Å². The van der Waals surface area contributed by atoms with E-state index in [4.69, 9.17) is 9.47 Å². The number of rotatable bonds is 9. The summed E-state index contributed by atoms with van der Waals surface area (Å²) < 4.78 is 85.0. The van der Waals surface area contributed by atoms with Crippen LogP contribution in [-0.4, -0.2) is 43.3 Å². The van der Waals surface area contributed by atoms with Crippen LogP contribution >= 0.6 is 0 Å². The third kappa shape index (κ3) is 7.05. The fraction of sp³-hybridized carbons (Fsp3) is 0.632. The highest BCUT2D eigenvalue weighted by atomic mass is 32.2. The Morgan fingerprint density at radius 1 is 1.17 bits per heavy atom. The number of hydrogen-bond acceptors (Lipinski definition) is 7. The van der Waals surface area contributed by atoms with Crippen LogP contribution in [0.1, 0.15) is 56.3 Å². The first-order chi connectivity index (χ1) is 13.8. The fourth-order valence-corrected chi connectivity index (χ4v) is 3.76. The van der Waals surface area contributed by atoms with Gasteiger partial charge in [0.2, 0.25) is 0 Å². The van der Waals surface area contributed by atoms with E-state index < -0.39 is 46.2 Å². The van der Waals surface area contributed by atoms with E-state index in [0.29, 0.717) is 6.42 Å². The minimum absolute atomic E-state index is 0.138. The van der Waals surface area contributed by atoms with Gasteiger partial charge in [0.25, 0.3) is 0 Å². The van der Waals surface area contributed by atoms with E-state index in [2.05, 4.69) is 4.74 Å². The van der Waals surface area contributed by atoms with Crippen molar-refractivity contribution in [1.82, 2.24) is 0 Å². The number of benzene rings is 1. The van der Waals surface area contributed by atoms with Crippen molar-refractivity contribution >= 4 is 16.1 Å². The topological polar surface area (TPSA) is 102 Å². The monoisotopic (exact) mass is 453 g/mol. The second-order valence-electron chi connectivity index (χ2n) is 7.36. The second-order valence-corrected chi connectivity index (χ2v) is 8.88. The van der Waals surface area contributed by atoms with E-state index in [0.717, 1.165) is 43.9 Å². The minimum Gasteiger partial charge on any atom is -0.748 e. The Hall–Kier alpha value is -2.01. The lowest BCUT2D eigenvalue weighted by Crippen LogP contribution is -2.39. The summed E-state index contributed by atoms with van der Waals surface area (Å²) in [6, 6.07) is 3.05. The summed E-state index contributed by atoms with van der Waals surface area (Å²) in [5.41, 5.74) is -0.924. The van der Waals surface area contributed by atoms with Crippen LogP contribution in [0.5, 0.6) is 11.5 Å². The summed E-state index contributed by atoms with van der Waals surface area (Å²) in [5.74, 6) is -2.64. The predicted octanol–water partition coefficient (Wildman–Crippen LogP) is 4.02. The number of alkyl halides is 3. The van der Waals surface area contributed by atoms with E-state index in [-0.39, 0.29) is 17.2 Å². The summed E-state index contributed by atoms with van der Waals surface area (Å²) in [7, 11) is -4.57. The van der Waals surface area contributed by atoms with E-state index in [9.17, 15) is 30.9 Å². The number of ether oxygens (including phenoxy) is 3. The molecule has 1 unspecified atom stereocenters. The molecule has 0 radical (unpaired) electrons. The number of hydrogen-bond donors (Lipinski definition) is 0. The number of carbonyl (C=O) groups excluding carboxylic acids is 1. The van der Waals surface area contributed by atoms with Gasteiger partial charge >= 0.3 is 12.3 Å². The lowest BCUT2D eigenvalue weighted by molar-refractivity contribution is -0.275. The molecule has 1 saturated carbocycles. The van der Waals surface area contributed by atoms with E-state index in [1.165, 1.54) is 0 Å². The van der Waals surface area contributed by atoms with Gasteiger partial charge in [0.1, 0.15) is 12.2 Å². The average molecular weight is 453 g/mol. The molecule has 1 aromatic carbocycles. The zero-order chi connectivity index (χ0) is 22.6. The first-order valence-corrected chi connectivity index (χ1v) is 11.1. The SMILES string of the molecule is CCC(C)(Oc1cc(C(=O)OCCS(=O)(=O)[O-])ccc1OC(F)(F)F)C1CCCC1. The smallest absolute Gasteiger partial charge is 0.573 e. The fourth-order valence-electron chi connectivity index (χ4n) is 3.48. The molecular weight excluding hydrogens is 429 g/mol. The van der Waals surface area contributed by atoms with Gasteiger partial charge < -0.3 is 18.8 Å². The van der Waals surface area contributed by atoms with Crippen LogP contribution in [0.2, 0.25) is 0 Å². The first-order valence-electron chi connectivity index (χ1n) is 9.52. The normalized spacial score (nSPS) is 17.4. The molecule has 0 heterocycles. The lowest BCUT2D eigenvalue weighted by Gasteiger charge is -2.36. The molecular formula is C19H24F3O7S-. The van der Waals surface area contributed by atoms with Gasteiger partial charge in [0, 0.05) is 0 Å². The van der Waals surface area contributed by atoms with Crippen molar-refractivity contribution in [3.8, 4) is 11.5 Å². The van der Waals surface area contributed by atoms with Crippen LogP contribution in [0, 0.1) is 5.92 Å². The largest absolute Gasteiger partial charge is 0.748 e. The van der Waals surface area contributed by atoms with Gasteiger partial charge in [-0.2, -0.15) is 0 Å². The summed E-state index contributed by atoms with van der Waals surface area (Å²) in [6.45, 7) is 3.00. The molecule has 1 atom stereocenters. The highest BCUT2D eigenvalue weighted by Gasteiger charge is 2.39. The number of halogens is 3. The van der Waals surface area contributed by atoms with Crippen molar-refractivity contribution in [3.05, 3.63) is 23.8 Å². The molecule has 170 valence electrons. The molecule has 1 aromatic rings. The molecule has 30 heavy (non-hydrogen) atoms. The molecule has 0 N–H and O–H groups in total. The second kappa shape index (κ2) is 9.42. The van der Waals surface area contributed by atoms with Gasteiger partial charge in [-0.15, -0.1) is 13.2 Å². The third-order valence-electron chi connectivity index (χ3n) is 5.24. The molecule has 1 aliphatic carbocycles. The maximum Gasteiger partial charge on any atom is 0.573 e. The highest BCUT2D eigenvalue weighted by Crippen LogP contribution is 2.42. The quantitative estimate of drug-likeness (QED) is 0.411. The molecule has 1 fully saturated rings. The van der Waals surface area contributed by atoms with Crippen molar-refractivity contribution in [2.45, 2.75) is 57.9 Å². The Labute approximate surface area is 173 Å². The lowest BCUT2D eigenvalue weighted by atomic mass is 9.85. The summed E-state index contributed by atoms with van der Waals surface area (Å²) in [4.78, 5) is 12.1. The summed E-state index contributed by atoms with van der Waals surface area (Å²) in [6.07, 6.45) is -0.664.